The van der Waals surface area contributed by atoms with Gasteiger partial charge < -0.3 is 15.1 Å². The first kappa shape index (κ1) is 14.1. The van der Waals surface area contributed by atoms with Crippen molar-refractivity contribution in [1.82, 2.24) is 4.90 Å². The molecule has 0 radical (unpaired) electrons. The van der Waals surface area contributed by atoms with Gasteiger partial charge in [0.1, 0.15) is 11.5 Å². The highest BCUT2D eigenvalue weighted by Crippen LogP contribution is 2.23. The summed E-state index contributed by atoms with van der Waals surface area (Å²) < 4.78 is 5.65. The number of primary amides is 1. The minimum absolute atomic E-state index is 0.0846. The first-order chi connectivity index (χ1) is 9.06. The molecule has 106 valence electrons. The fourth-order valence-electron chi connectivity index (χ4n) is 2.68. The summed E-state index contributed by atoms with van der Waals surface area (Å²) in [6.45, 7) is 7.21. The third kappa shape index (κ3) is 3.83. The highest BCUT2D eigenvalue weighted by atomic mass is 16.3. The molecule has 19 heavy (non-hydrogen) atoms. The van der Waals surface area contributed by atoms with Crippen LogP contribution in [0.15, 0.2) is 16.5 Å². The van der Waals surface area contributed by atoms with E-state index in [0.29, 0.717) is 5.92 Å². The lowest BCUT2D eigenvalue weighted by atomic mass is 9.95. The Labute approximate surface area is 114 Å². The molecule has 2 heterocycles. The molecule has 0 aliphatic carbocycles. The maximum Gasteiger partial charge on any atom is 0.220 e. The molecule has 1 aromatic heterocycles. The number of nitrogens with two attached hydrogens (primary N) is 1. The topological polar surface area (TPSA) is 59.5 Å². The zero-order valence-electron chi connectivity index (χ0n) is 11.9. The number of aryl methyl sites for hydroxylation is 1. The average Bonchev–Trinajstić information content (AvgIpc) is 2.83. The summed E-state index contributed by atoms with van der Waals surface area (Å²) in [4.78, 5) is 13.5. The van der Waals surface area contributed by atoms with E-state index in [0.717, 1.165) is 50.4 Å². The minimum atomic E-state index is -0.140. The van der Waals surface area contributed by atoms with Gasteiger partial charge in [-0.1, -0.05) is 6.92 Å². The molecule has 1 amide bonds. The Morgan fingerprint density at radius 3 is 2.68 bits per heavy atom. The smallest absolute Gasteiger partial charge is 0.220 e. The molecule has 4 heteroatoms. The Kier molecular flexibility index (Phi) is 4.64. The van der Waals surface area contributed by atoms with Crippen LogP contribution in [0.1, 0.15) is 43.6 Å². The van der Waals surface area contributed by atoms with Crippen LogP contribution in [0.2, 0.25) is 0 Å². The van der Waals surface area contributed by atoms with E-state index in [2.05, 4.69) is 17.9 Å². The monoisotopic (exact) mass is 264 g/mol. The molecule has 2 N–H and O–H groups in total. The van der Waals surface area contributed by atoms with Crippen molar-refractivity contribution in [2.75, 3.05) is 19.6 Å². The predicted octanol–water partition coefficient (Wildman–Crippen LogP) is 2.28. The number of furan rings is 1. The fourth-order valence-corrected chi connectivity index (χ4v) is 2.68. The largest absolute Gasteiger partial charge is 0.466 e. The normalized spacial score (nSPS) is 19.5. The summed E-state index contributed by atoms with van der Waals surface area (Å²) in [6, 6.07) is 4.09. The molecule has 0 bridgehead atoms. The van der Waals surface area contributed by atoms with Crippen molar-refractivity contribution in [2.24, 2.45) is 11.7 Å². The molecule has 1 aliphatic heterocycles. The Balaban J connectivity index is 1.73. The summed E-state index contributed by atoms with van der Waals surface area (Å²) in [7, 11) is 0. The predicted molar refractivity (Wildman–Crippen MR) is 74.8 cm³/mol. The van der Waals surface area contributed by atoms with Gasteiger partial charge in [-0.2, -0.15) is 0 Å². The van der Waals surface area contributed by atoms with Crippen LogP contribution in [0.3, 0.4) is 0 Å². The number of piperidine rings is 1. The van der Waals surface area contributed by atoms with E-state index in [4.69, 9.17) is 10.2 Å². The molecule has 1 saturated heterocycles. The molecular formula is C15H24N2O2. The Morgan fingerprint density at radius 1 is 1.47 bits per heavy atom. The van der Waals surface area contributed by atoms with E-state index in [1.54, 1.807) is 0 Å². The second-order valence-corrected chi connectivity index (χ2v) is 5.66. The molecular weight excluding hydrogens is 240 g/mol. The highest BCUT2D eigenvalue weighted by molar-refractivity contribution is 5.76. The lowest BCUT2D eigenvalue weighted by Gasteiger charge is -2.30. The van der Waals surface area contributed by atoms with Gasteiger partial charge in [-0.25, -0.2) is 0 Å². The summed E-state index contributed by atoms with van der Waals surface area (Å²) in [5, 5.41) is 0. The van der Waals surface area contributed by atoms with Gasteiger partial charge in [-0.15, -0.1) is 0 Å². The van der Waals surface area contributed by atoms with Crippen molar-refractivity contribution < 1.29 is 9.21 Å². The molecule has 1 fully saturated rings. The number of likely N-dealkylation sites (tertiary alicyclic amines) is 1. The van der Waals surface area contributed by atoms with Gasteiger partial charge in [-0.05, 0) is 58.0 Å². The molecule has 1 aromatic rings. The number of nitrogens with zero attached hydrogens (tertiary/aromatic N) is 1. The Bertz CT molecular complexity index is 420. The van der Waals surface area contributed by atoms with E-state index in [-0.39, 0.29) is 11.8 Å². The second-order valence-electron chi connectivity index (χ2n) is 5.66. The molecule has 0 spiro atoms. The average molecular weight is 264 g/mol. The Morgan fingerprint density at radius 2 is 2.16 bits per heavy atom. The fraction of sp³-hybridized carbons (Fsp3) is 0.667. The first-order valence-corrected chi connectivity index (χ1v) is 7.14. The maximum atomic E-state index is 11.1. The summed E-state index contributed by atoms with van der Waals surface area (Å²) in [5.74, 6) is 2.44. The number of hydrogen-bond donors (Lipinski definition) is 1. The van der Waals surface area contributed by atoms with Crippen LogP contribution in [0.4, 0.5) is 0 Å². The van der Waals surface area contributed by atoms with Gasteiger partial charge in [0.05, 0.1) is 0 Å². The second kappa shape index (κ2) is 6.24. The molecule has 1 unspecified atom stereocenters. The van der Waals surface area contributed by atoms with Crippen LogP contribution in [-0.4, -0.2) is 30.4 Å². The molecule has 1 aliphatic rings. The van der Waals surface area contributed by atoms with Gasteiger partial charge in [0.2, 0.25) is 5.91 Å². The number of hydrogen-bond acceptors (Lipinski definition) is 3. The van der Waals surface area contributed by atoms with E-state index in [9.17, 15) is 4.79 Å². The molecule has 0 aromatic carbocycles. The van der Waals surface area contributed by atoms with Crippen LogP contribution in [0, 0.1) is 12.8 Å². The van der Waals surface area contributed by atoms with Gasteiger partial charge in [-0.3, -0.25) is 4.79 Å². The third-order valence-electron chi connectivity index (χ3n) is 4.12. The standard InChI is InChI=1S/C15H24N2O2/c1-11(14-4-3-12(2)19-14)5-8-17-9-6-13(7-10-17)15(16)18/h3-4,11,13H,5-10H2,1-2H3,(H2,16,18). The maximum absolute atomic E-state index is 11.1. The molecule has 0 saturated carbocycles. The van der Waals surface area contributed by atoms with E-state index < -0.39 is 0 Å². The number of rotatable bonds is 5. The highest BCUT2D eigenvalue weighted by Gasteiger charge is 2.23. The molecule has 1 atom stereocenters. The van der Waals surface area contributed by atoms with E-state index in [1.807, 2.05) is 13.0 Å². The van der Waals surface area contributed by atoms with Crippen LogP contribution in [0.25, 0.3) is 0 Å². The Hall–Kier alpha value is -1.29. The van der Waals surface area contributed by atoms with Crippen LogP contribution in [-0.2, 0) is 4.79 Å². The van der Waals surface area contributed by atoms with Crippen LogP contribution < -0.4 is 5.73 Å². The number of carbonyl (C=O) groups is 1. The minimum Gasteiger partial charge on any atom is -0.466 e. The lowest BCUT2D eigenvalue weighted by Crippen LogP contribution is -2.39. The summed E-state index contributed by atoms with van der Waals surface area (Å²) >= 11 is 0. The van der Waals surface area contributed by atoms with E-state index in [1.165, 1.54) is 0 Å². The van der Waals surface area contributed by atoms with Gasteiger partial charge in [0, 0.05) is 11.8 Å². The van der Waals surface area contributed by atoms with Crippen LogP contribution in [0.5, 0.6) is 0 Å². The zero-order chi connectivity index (χ0) is 13.8. The van der Waals surface area contributed by atoms with Crippen molar-refractivity contribution in [3.05, 3.63) is 23.7 Å². The van der Waals surface area contributed by atoms with E-state index >= 15 is 0 Å². The SMILES string of the molecule is Cc1ccc(C(C)CCN2CCC(C(N)=O)CC2)o1. The zero-order valence-corrected chi connectivity index (χ0v) is 11.9. The van der Waals surface area contributed by atoms with Gasteiger partial charge >= 0.3 is 0 Å². The first-order valence-electron chi connectivity index (χ1n) is 7.14. The van der Waals surface area contributed by atoms with Gasteiger partial charge in [0.25, 0.3) is 0 Å². The molecule has 2 rings (SSSR count). The number of amides is 1. The lowest BCUT2D eigenvalue weighted by molar-refractivity contribution is -0.123. The molecule has 4 nitrogen and oxygen atoms in total. The number of carbonyl (C=O) groups excluding carboxylic acids is 1. The van der Waals surface area contributed by atoms with Crippen molar-refractivity contribution >= 4 is 5.91 Å². The van der Waals surface area contributed by atoms with Crippen LogP contribution >= 0.6 is 0 Å². The van der Waals surface area contributed by atoms with Crippen molar-refractivity contribution in [1.29, 1.82) is 0 Å². The third-order valence-corrected chi connectivity index (χ3v) is 4.12. The van der Waals surface area contributed by atoms with Crippen molar-refractivity contribution in [2.45, 2.75) is 39.0 Å². The van der Waals surface area contributed by atoms with Crippen molar-refractivity contribution in [3.8, 4) is 0 Å². The quantitative estimate of drug-likeness (QED) is 0.887. The summed E-state index contributed by atoms with van der Waals surface area (Å²) in [5.41, 5.74) is 5.34. The summed E-state index contributed by atoms with van der Waals surface area (Å²) in [6.07, 6.45) is 2.90. The van der Waals surface area contributed by atoms with Gasteiger partial charge in [0.15, 0.2) is 0 Å². The van der Waals surface area contributed by atoms with Crippen molar-refractivity contribution in [3.63, 3.8) is 0 Å².